The van der Waals surface area contributed by atoms with E-state index in [1.165, 1.54) is 4.90 Å². The molecular weight excluding hydrogens is 310 g/mol. The first-order chi connectivity index (χ1) is 11.6. The van der Waals surface area contributed by atoms with E-state index in [0.29, 0.717) is 26.2 Å². The van der Waals surface area contributed by atoms with Gasteiger partial charge in [-0.15, -0.1) is 0 Å². The van der Waals surface area contributed by atoms with Crippen molar-refractivity contribution in [2.24, 2.45) is 11.3 Å². The van der Waals surface area contributed by atoms with Crippen LogP contribution in [0, 0.1) is 11.3 Å². The molecule has 1 amide bonds. The number of carbonyl (C=O) groups excluding carboxylic acids is 1. The maximum atomic E-state index is 12.3. The highest BCUT2D eigenvalue weighted by atomic mass is 16.6. The maximum Gasteiger partial charge on any atom is 0.410 e. The monoisotopic (exact) mass is 333 g/mol. The molecule has 1 unspecified atom stereocenters. The number of ether oxygens (including phenoxy) is 2. The summed E-state index contributed by atoms with van der Waals surface area (Å²) < 4.78 is 10.7. The second kappa shape index (κ2) is 7.21. The Hall–Kier alpha value is -2.08. The van der Waals surface area contributed by atoms with E-state index in [-0.39, 0.29) is 19.1 Å². The first-order valence-electron chi connectivity index (χ1n) is 8.38. The Kier molecular flexibility index (Phi) is 5.04. The molecule has 2 saturated heterocycles. The van der Waals surface area contributed by atoms with Gasteiger partial charge in [-0.2, -0.15) is 0 Å². The van der Waals surface area contributed by atoms with Crippen LogP contribution >= 0.6 is 0 Å². The van der Waals surface area contributed by atoms with E-state index in [9.17, 15) is 14.7 Å². The van der Waals surface area contributed by atoms with Crippen molar-refractivity contribution in [3.05, 3.63) is 35.9 Å². The fraction of sp³-hybridized carbons (Fsp3) is 0.556. The van der Waals surface area contributed by atoms with E-state index >= 15 is 0 Å². The van der Waals surface area contributed by atoms with E-state index < -0.39 is 17.5 Å². The summed E-state index contributed by atoms with van der Waals surface area (Å²) in [5.41, 5.74) is 0.0502. The van der Waals surface area contributed by atoms with Crippen LogP contribution in [0.25, 0.3) is 0 Å². The molecule has 3 rings (SSSR count). The summed E-state index contributed by atoms with van der Waals surface area (Å²) >= 11 is 0. The summed E-state index contributed by atoms with van der Waals surface area (Å²) in [6.07, 6.45) is 1.51. The number of carboxylic acids is 1. The minimum absolute atomic E-state index is 0.0515. The molecule has 1 N–H and O–H groups in total. The van der Waals surface area contributed by atoms with Crippen molar-refractivity contribution in [2.75, 3.05) is 26.3 Å². The molecule has 0 radical (unpaired) electrons. The Morgan fingerprint density at radius 1 is 1.25 bits per heavy atom. The lowest BCUT2D eigenvalue weighted by Gasteiger charge is -2.36. The molecule has 0 aromatic heterocycles. The summed E-state index contributed by atoms with van der Waals surface area (Å²) in [4.78, 5) is 25.8. The first-order valence-corrected chi connectivity index (χ1v) is 8.38. The molecular formula is C18H23NO5. The third-order valence-corrected chi connectivity index (χ3v) is 5.19. The van der Waals surface area contributed by atoms with E-state index in [0.717, 1.165) is 18.4 Å². The number of hydrogen-bond acceptors (Lipinski definition) is 4. The van der Waals surface area contributed by atoms with Crippen LogP contribution in [0.3, 0.4) is 0 Å². The molecule has 2 heterocycles. The number of rotatable bonds is 4. The summed E-state index contributed by atoms with van der Waals surface area (Å²) in [5.74, 6) is -0.761. The standard InChI is InChI=1S/C18H23NO5/c20-16(21)18(15-6-10-23-11-7-15)8-9-19(13-18)17(22)24-12-14-4-2-1-3-5-14/h1-5,15H,6-13H2,(H,20,21). The zero-order chi connectivity index (χ0) is 17.0. The highest BCUT2D eigenvalue weighted by molar-refractivity contribution is 5.78. The molecule has 0 bridgehead atoms. The van der Waals surface area contributed by atoms with E-state index in [1.807, 2.05) is 30.3 Å². The van der Waals surface area contributed by atoms with Crippen molar-refractivity contribution in [2.45, 2.75) is 25.9 Å². The van der Waals surface area contributed by atoms with Gasteiger partial charge in [0.2, 0.25) is 0 Å². The predicted octanol–water partition coefficient (Wildman–Crippen LogP) is 2.53. The van der Waals surface area contributed by atoms with Crippen LogP contribution in [-0.2, 0) is 20.9 Å². The van der Waals surface area contributed by atoms with Crippen LogP contribution in [0.15, 0.2) is 30.3 Å². The molecule has 0 aliphatic carbocycles. The normalized spacial score (nSPS) is 24.8. The van der Waals surface area contributed by atoms with Gasteiger partial charge in [-0.05, 0) is 30.7 Å². The summed E-state index contributed by atoms with van der Waals surface area (Å²) in [5, 5.41) is 9.80. The number of nitrogens with zero attached hydrogens (tertiary/aromatic N) is 1. The summed E-state index contributed by atoms with van der Waals surface area (Å²) in [6, 6.07) is 9.46. The van der Waals surface area contributed by atoms with Crippen molar-refractivity contribution in [3.63, 3.8) is 0 Å². The zero-order valence-corrected chi connectivity index (χ0v) is 13.6. The van der Waals surface area contributed by atoms with Gasteiger partial charge in [0.1, 0.15) is 6.61 Å². The summed E-state index contributed by atoms with van der Waals surface area (Å²) in [7, 11) is 0. The lowest BCUT2D eigenvalue weighted by atomic mass is 9.71. The van der Waals surface area contributed by atoms with Gasteiger partial charge in [0.15, 0.2) is 0 Å². The largest absolute Gasteiger partial charge is 0.481 e. The number of benzene rings is 1. The van der Waals surface area contributed by atoms with E-state index in [1.54, 1.807) is 0 Å². The third-order valence-electron chi connectivity index (χ3n) is 5.19. The van der Waals surface area contributed by atoms with Gasteiger partial charge in [0.05, 0.1) is 5.41 Å². The quantitative estimate of drug-likeness (QED) is 0.916. The molecule has 1 aromatic rings. The van der Waals surface area contributed by atoms with Gasteiger partial charge in [-0.1, -0.05) is 30.3 Å². The van der Waals surface area contributed by atoms with Crippen LogP contribution < -0.4 is 0 Å². The number of likely N-dealkylation sites (tertiary alicyclic amines) is 1. The van der Waals surface area contributed by atoms with Gasteiger partial charge >= 0.3 is 12.1 Å². The molecule has 1 aromatic carbocycles. The topological polar surface area (TPSA) is 76.1 Å². The van der Waals surface area contributed by atoms with Gasteiger partial charge in [0.25, 0.3) is 0 Å². The Morgan fingerprint density at radius 2 is 1.96 bits per heavy atom. The Morgan fingerprint density at radius 3 is 2.62 bits per heavy atom. The van der Waals surface area contributed by atoms with Gasteiger partial charge < -0.3 is 19.5 Å². The SMILES string of the molecule is O=C(OCc1ccccc1)N1CCC(C(=O)O)(C2CCOCC2)C1. The third kappa shape index (κ3) is 3.38. The minimum Gasteiger partial charge on any atom is -0.481 e. The molecule has 0 saturated carbocycles. The Balaban J connectivity index is 1.61. The molecule has 6 nitrogen and oxygen atoms in total. The van der Waals surface area contributed by atoms with Crippen molar-refractivity contribution < 1.29 is 24.2 Å². The number of aliphatic carboxylic acids is 1. The first kappa shape index (κ1) is 16.8. The molecule has 2 aliphatic rings. The van der Waals surface area contributed by atoms with Crippen LogP contribution in [0.2, 0.25) is 0 Å². The zero-order valence-electron chi connectivity index (χ0n) is 13.6. The average molecular weight is 333 g/mol. The number of carbonyl (C=O) groups is 2. The fourth-order valence-corrected chi connectivity index (χ4v) is 3.73. The van der Waals surface area contributed by atoms with Crippen molar-refractivity contribution in [3.8, 4) is 0 Å². The van der Waals surface area contributed by atoms with Gasteiger partial charge in [-0.25, -0.2) is 4.79 Å². The smallest absolute Gasteiger partial charge is 0.410 e. The molecule has 2 aliphatic heterocycles. The van der Waals surface area contributed by atoms with Gasteiger partial charge in [0, 0.05) is 26.3 Å². The highest BCUT2D eigenvalue weighted by Gasteiger charge is 2.52. The fourth-order valence-electron chi connectivity index (χ4n) is 3.73. The number of carboxylic acid groups (broad SMARTS) is 1. The second-order valence-corrected chi connectivity index (χ2v) is 6.56. The minimum atomic E-state index is -0.866. The highest BCUT2D eigenvalue weighted by Crippen LogP contribution is 2.43. The number of hydrogen-bond donors (Lipinski definition) is 1. The maximum absolute atomic E-state index is 12.3. The molecule has 1 atom stereocenters. The molecule has 2 fully saturated rings. The van der Waals surface area contributed by atoms with Crippen LogP contribution in [0.1, 0.15) is 24.8 Å². The average Bonchev–Trinajstić information content (AvgIpc) is 3.08. The predicted molar refractivity (Wildman–Crippen MR) is 86.4 cm³/mol. The van der Waals surface area contributed by atoms with Crippen molar-refractivity contribution in [1.82, 2.24) is 4.90 Å². The molecule has 130 valence electrons. The van der Waals surface area contributed by atoms with Crippen LogP contribution in [0.4, 0.5) is 4.79 Å². The van der Waals surface area contributed by atoms with E-state index in [4.69, 9.17) is 9.47 Å². The van der Waals surface area contributed by atoms with Gasteiger partial charge in [-0.3, -0.25) is 4.79 Å². The van der Waals surface area contributed by atoms with Crippen LogP contribution in [-0.4, -0.2) is 48.4 Å². The molecule has 0 spiro atoms. The molecule has 24 heavy (non-hydrogen) atoms. The van der Waals surface area contributed by atoms with Crippen molar-refractivity contribution >= 4 is 12.1 Å². The number of amides is 1. The molecule has 6 heteroatoms. The van der Waals surface area contributed by atoms with E-state index in [2.05, 4.69) is 0 Å². The lowest BCUT2D eigenvalue weighted by Crippen LogP contribution is -2.44. The lowest BCUT2D eigenvalue weighted by molar-refractivity contribution is -0.154. The van der Waals surface area contributed by atoms with Crippen LogP contribution in [0.5, 0.6) is 0 Å². The second-order valence-electron chi connectivity index (χ2n) is 6.56. The Labute approximate surface area is 141 Å². The van der Waals surface area contributed by atoms with Crippen molar-refractivity contribution in [1.29, 1.82) is 0 Å². The Bertz CT molecular complexity index is 584. The summed E-state index contributed by atoms with van der Waals surface area (Å²) in [6.45, 7) is 2.04.